The number of Topliss-reactive ketones (excluding diaryl/α,β-unsaturated/α-hetero) is 1. The van der Waals surface area contributed by atoms with E-state index < -0.39 is 12.1 Å². The highest BCUT2D eigenvalue weighted by Gasteiger charge is 2.39. The lowest BCUT2D eigenvalue weighted by Crippen LogP contribution is -2.41. The second-order valence-electron chi connectivity index (χ2n) is 5.00. The molecule has 0 spiro atoms. The molecule has 114 valence electrons. The van der Waals surface area contributed by atoms with Crippen LogP contribution >= 0.6 is 0 Å². The van der Waals surface area contributed by atoms with Gasteiger partial charge in [-0.1, -0.05) is 30.3 Å². The Labute approximate surface area is 123 Å². The molecule has 1 fully saturated rings. The van der Waals surface area contributed by atoms with Gasteiger partial charge in [0.1, 0.15) is 6.61 Å². The van der Waals surface area contributed by atoms with E-state index in [1.165, 1.54) is 7.11 Å². The first-order chi connectivity index (χ1) is 10.1. The largest absolute Gasteiger partial charge is 0.465 e. The number of benzene rings is 1. The van der Waals surface area contributed by atoms with Gasteiger partial charge in [0, 0.05) is 13.5 Å². The normalized spacial score (nSPS) is 21.5. The Morgan fingerprint density at radius 1 is 1.33 bits per heavy atom. The lowest BCUT2D eigenvalue weighted by Gasteiger charge is -2.19. The molecule has 2 atom stereocenters. The van der Waals surface area contributed by atoms with E-state index in [1.807, 2.05) is 30.3 Å². The molecule has 6 nitrogen and oxygen atoms in total. The predicted molar refractivity (Wildman–Crippen MR) is 75.0 cm³/mol. The van der Waals surface area contributed by atoms with E-state index >= 15 is 0 Å². The fraction of sp³-hybridized carbons (Fsp3) is 0.467. The van der Waals surface area contributed by atoms with Crippen molar-refractivity contribution in [3.8, 4) is 0 Å². The highest BCUT2D eigenvalue weighted by Crippen LogP contribution is 2.22. The second-order valence-corrected chi connectivity index (χ2v) is 5.00. The fourth-order valence-electron chi connectivity index (χ4n) is 2.46. The molecule has 1 aliphatic heterocycles. The summed E-state index contributed by atoms with van der Waals surface area (Å²) in [5.74, 6) is -0.231. The first kappa shape index (κ1) is 15.5. The summed E-state index contributed by atoms with van der Waals surface area (Å²) in [6, 6.07) is 8.96. The summed E-state index contributed by atoms with van der Waals surface area (Å²) in [7, 11) is 1.42. The number of ether oxygens (including phenoxy) is 2. The predicted octanol–water partition coefficient (Wildman–Crippen LogP) is 1.54. The molecule has 0 aliphatic carbocycles. The molecule has 0 bridgehead atoms. The van der Waals surface area contributed by atoms with Crippen LogP contribution in [0.25, 0.3) is 0 Å². The van der Waals surface area contributed by atoms with E-state index in [-0.39, 0.29) is 25.0 Å². The first-order valence-corrected chi connectivity index (χ1v) is 6.78. The van der Waals surface area contributed by atoms with Crippen molar-refractivity contribution in [1.82, 2.24) is 4.90 Å². The summed E-state index contributed by atoms with van der Waals surface area (Å²) in [5.41, 5.74) is 1.02. The van der Waals surface area contributed by atoms with Gasteiger partial charge in [0.15, 0.2) is 5.78 Å². The van der Waals surface area contributed by atoms with Gasteiger partial charge in [-0.15, -0.1) is 0 Å². The van der Waals surface area contributed by atoms with E-state index in [2.05, 4.69) is 0 Å². The number of carboxylic acid groups (broad SMARTS) is 1. The highest BCUT2D eigenvalue weighted by molar-refractivity contribution is 5.88. The number of rotatable bonds is 6. The molecule has 6 heteroatoms. The average molecular weight is 293 g/mol. The summed E-state index contributed by atoms with van der Waals surface area (Å²) in [4.78, 5) is 24.2. The van der Waals surface area contributed by atoms with Gasteiger partial charge in [-0.05, 0) is 5.56 Å². The summed E-state index contributed by atoms with van der Waals surface area (Å²) < 4.78 is 10.5. The molecule has 0 aromatic heterocycles. The molecule has 1 aliphatic rings. The topological polar surface area (TPSA) is 76.1 Å². The minimum Gasteiger partial charge on any atom is -0.465 e. The van der Waals surface area contributed by atoms with E-state index in [9.17, 15) is 14.7 Å². The van der Waals surface area contributed by atoms with Gasteiger partial charge >= 0.3 is 6.09 Å². The number of hydrogen-bond acceptors (Lipinski definition) is 4. The molecule has 1 aromatic rings. The molecule has 1 amide bonds. The van der Waals surface area contributed by atoms with Crippen molar-refractivity contribution in [1.29, 1.82) is 0 Å². The van der Waals surface area contributed by atoms with Crippen LogP contribution in [0, 0.1) is 0 Å². The molecule has 1 heterocycles. The van der Waals surface area contributed by atoms with Crippen LogP contribution in [-0.4, -0.2) is 54.3 Å². The molecule has 0 unspecified atom stereocenters. The van der Waals surface area contributed by atoms with Crippen LogP contribution < -0.4 is 0 Å². The standard InChI is InChI=1S/C15H19NO5/c1-20-10-14(17)13-7-12(8-16(13)15(18)19)21-9-11-5-3-2-4-6-11/h2-6,12-13H,7-10H2,1H3,(H,18,19)/t12-,13+/m1/s1. The van der Waals surface area contributed by atoms with Crippen molar-refractivity contribution in [2.24, 2.45) is 0 Å². The monoisotopic (exact) mass is 293 g/mol. The smallest absolute Gasteiger partial charge is 0.408 e. The Morgan fingerprint density at radius 3 is 2.67 bits per heavy atom. The molecule has 2 rings (SSSR count). The maximum Gasteiger partial charge on any atom is 0.408 e. The number of carbonyl (C=O) groups is 2. The molecule has 0 saturated carbocycles. The molecular weight excluding hydrogens is 274 g/mol. The molecule has 1 saturated heterocycles. The van der Waals surface area contributed by atoms with Crippen molar-refractivity contribution in [2.75, 3.05) is 20.3 Å². The Bertz CT molecular complexity index is 490. The van der Waals surface area contributed by atoms with Crippen LogP contribution in [0.3, 0.4) is 0 Å². The van der Waals surface area contributed by atoms with Crippen molar-refractivity contribution in [3.05, 3.63) is 35.9 Å². The second kappa shape index (κ2) is 7.19. The Hall–Kier alpha value is -1.92. The number of ketones is 1. The lowest BCUT2D eigenvalue weighted by molar-refractivity contribution is -0.126. The Balaban J connectivity index is 1.94. The third kappa shape index (κ3) is 4.03. The maximum atomic E-state index is 11.9. The Morgan fingerprint density at radius 2 is 2.05 bits per heavy atom. The third-order valence-electron chi connectivity index (χ3n) is 3.50. The van der Waals surface area contributed by atoms with E-state index in [0.717, 1.165) is 10.5 Å². The van der Waals surface area contributed by atoms with Crippen LogP contribution in [-0.2, 0) is 20.9 Å². The first-order valence-electron chi connectivity index (χ1n) is 6.78. The SMILES string of the molecule is COCC(=O)[C@@H]1C[C@@H](OCc2ccccc2)CN1C(=O)O. The minimum absolute atomic E-state index is 0.0835. The van der Waals surface area contributed by atoms with Gasteiger partial charge in [0.25, 0.3) is 0 Å². The lowest BCUT2D eigenvalue weighted by atomic mass is 10.1. The molecule has 21 heavy (non-hydrogen) atoms. The van der Waals surface area contributed by atoms with Gasteiger partial charge in [-0.25, -0.2) is 4.79 Å². The number of carbonyl (C=O) groups excluding carboxylic acids is 1. The Kier molecular flexibility index (Phi) is 5.30. The van der Waals surface area contributed by atoms with Crippen LogP contribution in [0.5, 0.6) is 0 Å². The van der Waals surface area contributed by atoms with Gasteiger partial charge < -0.3 is 14.6 Å². The van der Waals surface area contributed by atoms with Crippen LogP contribution in [0.15, 0.2) is 30.3 Å². The zero-order valence-electron chi connectivity index (χ0n) is 11.9. The van der Waals surface area contributed by atoms with Gasteiger partial charge in [0.05, 0.1) is 25.3 Å². The van der Waals surface area contributed by atoms with Crippen LogP contribution in [0.2, 0.25) is 0 Å². The molecular formula is C15H19NO5. The molecule has 1 aromatic carbocycles. The van der Waals surface area contributed by atoms with Gasteiger partial charge in [0.2, 0.25) is 0 Å². The summed E-state index contributed by atoms with van der Waals surface area (Å²) in [6.45, 7) is 0.534. The van der Waals surface area contributed by atoms with Crippen molar-refractivity contribution in [2.45, 2.75) is 25.2 Å². The highest BCUT2D eigenvalue weighted by atomic mass is 16.5. The van der Waals surface area contributed by atoms with E-state index in [0.29, 0.717) is 13.0 Å². The number of methoxy groups -OCH3 is 1. The van der Waals surface area contributed by atoms with E-state index in [1.54, 1.807) is 0 Å². The molecule has 0 radical (unpaired) electrons. The number of amides is 1. The van der Waals surface area contributed by atoms with Gasteiger partial charge in [-0.2, -0.15) is 0 Å². The maximum absolute atomic E-state index is 11.9. The van der Waals surface area contributed by atoms with Crippen LogP contribution in [0.4, 0.5) is 4.79 Å². The minimum atomic E-state index is -1.10. The quantitative estimate of drug-likeness (QED) is 0.861. The van der Waals surface area contributed by atoms with Crippen LogP contribution in [0.1, 0.15) is 12.0 Å². The van der Waals surface area contributed by atoms with Crippen molar-refractivity contribution >= 4 is 11.9 Å². The summed E-state index contributed by atoms with van der Waals surface area (Å²) >= 11 is 0. The zero-order chi connectivity index (χ0) is 15.2. The fourth-order valence-corrected chi connectivity index (χ4v) is 2.46. The summed E-state index contributed by atoms with van der Waals surface area (Å²) in [5, 5.41) is 9.18. The number of likely N-dealkylation sites (tertiary alicyclic amines) is 1. The third-order valence-corrected chi connectivity index (χ3v) is 3.50. The number of nitrogens with zero attached hydrogens (tertiary/aromatic N) is 1. The van der Waals surface area contributed by atoms with E-state index in [4.69, 9.17) is 9.47 Å². The van der Waals surface area contributed by atoms with Crippen molar-refractivity contribution < 1.29 is 24.2 Å². The van der Waals surface area contributed by atoms with Gasteiger partial charge in [-0.3, -0.25) is 9.69 Å². The number of hydrogen-bond donors (Lipinski definition) is 1. The summed E-state index contributed by atoms with van der Waals surface area (Å²) in [6.07, 6.45) is -0.996. The zero-order valence-corrected chi connectivity index (χ0v) is 11.9. The molecule has 1 N–H and O–H groups in total. The van der Waals surface area contributed by atoms with Crippen molar-refractivity contribution in [3.63, 3.8) is 0 Å². The average Bonchev–Trinajstić information content (AvgIpc) is 2.91.